The molecule has 0 aliphatic carbocycles. The molecule has 0 saturated heterocycles. The third-order valence-electron chi connectivity index (χ3n) is 3.99. The summed E-state index contributed by atoms with van der Waals surface area (Å²) in [5, 5.41) is 2.98. The zero-order valence-corrected chi connectivity index (χ0v) is 14.3. The van der Waals surface area contributed by atoms with Gasteiger partial charge in [0.1, 0.15) is 5.75 Å². The highest BCUT2D eigenvalue weighted by Gasteiger charge is 2.19. The van der Waals surface area contributed by atoms with Gasteiger partial charge in [0.2, 0.25) is 0 Å². The Kier molecular flexibility index (Phi) is 5.80. The number of ether oxygens (including phenoxy) is 1. The lowest BCUT2D eigenvalue weighted by Crippen LogP contribution is -2.37. The summed E-state index contributed by atoms with van der Waals surface area (Å²) in [7, 11) is 0. The second-order valence-corrected chi connectivity index (χ2v) is 5.93. The van der Waals surface area contributed by atoms with Crippen LogP contribution in [0.3, 0.4) is 0 Å². The molecule has 0 aliphatic rings. The third-order valence-corrected chi connectivity index (χ3v) is 3.99. The highest BCUT2D eigenvalue weighted by Crippen LogP contribution is 2.21. The van der Waals surface area contributed by atoms with Crippen LogP contribution in [0, 0.1) is 20.8 Å². The highest BCUT2D eigenvalue weighted by molar-refractivity contribution is 5.81. The van der Waals surface area contributed by atoms with Gasteiger partial charge in [-0.1, -0.05) is 43.3 Å². The van der Waals surface area contributed by atoms with Gasteiger partial charge in [-0.15, -0.1) is 0 Å². The smallest absolute Gasteiger partial charge is 0.261 e. The Morgan fingerprint density at radius 3 is 2.52 bits per heavy atom. The molecule has 0 aromatic heterocycles. The first-order valence-electron chi connectivity index (χ1n) is 8.07. The molecule has 0 radical (unpaired) electrons. The molecule has 122 valence electrons. The van der Waals surface area contributed by atoms with E-state index in [0.717, 1.165) is 22.4 Å². The van der Waals surface area contributed by atoms with Crippen molar-refractivity contribution >= 4 is 5.91 Å². The maximum absolute atomic E-state index is 12.4. The Morgan fingerprint density at radius 1 is 1.09 bits per heavy atom. The Hall–Kier alpha value is -2.29. The molecular weight excluding hydrogens is 286 g/mol. The molecule has 0 heterocycles. The first-order valence-corrected chi connectivity index (χ1v) is 8.07. The number of carbonyl (C=O) groups is 1. The summed E-state index contributed by atoms with van der Waals surface area (Å²) in [5.74, 6) is 0.708. The maximum atomic E-state index is 12.4. The highest BCUT2D eigenvalue weighted by atomic mass is 16.5. The van der Waals surface area contributed by atoms with Gasteiger partial charge >= 0.3 is 0 Å². The van der Waals surface area contributed by atoms with E-state index in [1.165, 1.54) is 5.56 Å². The van der Waals surface area contributed by atoms with Crippen molar-refractivity contribution in [2.24, 2.45) is 0 Å². The minimum atomic E-state index is -0.473. The number of amides is 1. The predicted octanol–water partition coefficient (Wildman–Crippen LogP) is 4.09. The van der Waals surface area contributed by atoms with Crippen molar-refractivity contribution in [1.82, 2.24) is 5.32 Å². The zero-order valence-electron chi connectivity index (χ0n) is 14.3. The van der Waals surface area contributed by atoms with Gasteiger partial charge in [0, 0.05) is 6.54 Å². The molecule has 23 heavy (non-hydrogen) atoms. The van der Waals surface area contributed by atoms with Crippen molar-refractivity contribution in [3.8, 4) is 5.75 Å². The summed E-state index contributed by atoms with van der Waals surface area (Å²) >= 11 is 0. The lowest BCUT2D eigenvalue weighted by molar-refractivity contribution is -0.128. The van der Waals surface area contributed by atoms with Gasteiger partial charge in [0.25, 0.3) is 5.91 Å². The van der Waals surface area contributed by atoms with Gasteiger partial charge in [0.05, 0.1) is 0 Å². The summed E-state index contributed by atoms with van der Waals surface area (Å²) < 4.78 is 5.94. The molecule has 1 N–H and O–H groups in total. The van der Waals surface area contributed by atoms with E-state index in [4.69, 9.17) is 4.74 Å². The van der Waals surface area contributed by atoms with Gasteiger partial charge in [-0.25, -0.2) is 0 Å². The Balaban J connectivity index is 2.01. The van der Waals surface area contributed by atoms with Crippen LogP contribution >= 0.6 is 0 Å². The summed E-state index contributed by atoms with van der Waals surface area (Å²) in [6.45, 7) is 8.55. The van der Waals surface area contributed by atoms with E-state index >= 15 is 0 Å². The van der Waals surface area contributed by atoms with Gasteiger partial charge in [0.15, 0.2) is 6.10 Å². The second-order valence-electron chi connectivity index (χ2n) is 5.93. The van der Waals surface area contributed by atoms with Gasteiger partial charge < -0.3 is 10.1 Å². The van der Waals surface area contributed by atoms with Gasteiger partial charge in [-0.2, -0.15) is 0 Å². The van der Waals surface area contributed by atoms with Crippen LogP contribution in [0.15, 0.2) is 42.5 Å². The van der Waals surface area contributed by atoms with Crippen LogP contribution < -0.4 is 10.1 Å². The summed E-state index contributed by atoms with van der Waals surface area (Å²) in [5.41, 5.74) is 4.47. The van der Waals surface area contributed by atoms with E-state index in [9.17, 15) is 4.79 Å². The number of hydrogen-bond acceptors (Lipinski definition) is 2. The maximum Gasteiger partial charge on any atom is 0.261 e. The molecule has 0 aliphatic heterocycles. The molecule has 0 saturated carbocycles. The van der Waals surface area contributed by atoms with Crippen LogP contribution in [0.25, 0.3) is 0 Å². The molecule has 0 bridgehead atoms. The molecule has 0 unspecified atom stereocenters. The van der Waals surface area contributed by atoms with E-state index < -0.39 is 6.10 Å². The summed E-state index contributed by atoms with van der Waals surface area (Å²) in [6, 6.07) is 14.1. The Bertz CT molecular complexity index is 679. The first-order chi connectivity index (χ1) is 11.0. The number of aryl methyl sites for hydroxylation is 3. The Morgan fingerprint density at radius 2 is 1.83 bits per heavy atom. The Labute approximate surface area is 138 Å². The van der Waals surface area contributed by atoms with Crippen LogP contribution in [-0.4, -0.2) is 12.0 Å². The van der Waals surface area contributed by atoms with Crippen molar-refractivity contribution in [1.29, 1.82) is 0 Å². The fourth-order valence-electron chi connectivity index (χ4n) is 2.41. The fourth-order valence-corrected chi connectivity index (χ4v) is 2.41. The standard InChI is InChI=1S/C20H25NO2/c1-5-18(23-19-12-14(2)10-11-16(19)4)20(22)21-13-17-9-7-6-8-15(17)3/h6-12,18H,5,13H2,1-4H3,(H,21,22)/t18-/m1/s1. The molecule has 1 atom stereocenters. The molecule has 2 aromatic carbocycles. The van der Waals surface area contributed by atoms with Crippen molar-refractivity contribution in [3.05, 3.63) is 64.7 Å². The second kappa shape index (κ2) is 7.82. The quantitative estimate of drug-likeness (QED) is 0.872. The summed E-state index contributed by atoms with van der Waals surface area (Å²) in [4.78, 5) is 12.4. The SMILES string of the molecule is CC[C@@H](Oc1cc(C)ccc1C)C(=O)NCc1ccccc1C. The minimum absolute atomic E-state index is 0.0725. The predicted molar refractivity (Wildman–Crippen MR) is 93.6 cm³/mol. The number of hydrogen-bond donors (Lipinski definition) is 1. The van der Waals surface area contributed by atoms with E-state index in [-0.39, 0.29) is 5.91 Å². The van der Waals surface area contributed by atoms with Crippen molar-refractivity contribution in [3.63, 3.8) is 0 Å². The normalized spacial score (nSPS) is 11.8. The number of benzene rings is 2. The molecule has 2 rings (SSSR count). The van der Waals surface area contributed by atoms with Crippen LogP contribution in [0.2, 0.25) is 0 Å². The molecule has 3 nitrogen and oxygen atoms in total. The molecular formula is C20H25NO2. The minimum Gasteiger partial charge on any atom is -0.480 e. The topological polar surface area (TPSA) is 38.3 Å². The fraction of sp³-hybridized carbons (Fsp3) is 0.350. The van der Waals surface area contributed by atoms with Gasteiger partial charge in [-0.05, 0) is 55.5 Å². The summed E-state index contributed by atoms with van der Waals surface area (Å²) in [6.07, 6.45) is 0.159. The average molecular weight is 311 g/mol. The van der Waals surface area contributed by atoms with Crippen LogP contribution in [0.5, 0.6) is 5.75 Å². The molecule has 2 aromatic rings. The third kappa shape index (κ3) is 4.59. The lowest BCUT2D eigenvalue weighted by atomic mass is 10.1. The largest absolute Gasteiger partial charge is 0.480 e. The van der Waals surface area contributed by atoms with Crippen LogP contribution in [-0.2, 0) is 11.3 Å². The van der Waals surface area contributed by atoms with Gasteiger partial charge in [-0.3, -0.25) is 4.79 Å². The zero-order chi connectivity index (χ0) is 16.8. The van der Waals surface area contributed by atoms with Crippen molar-refractivity contribution < 1.29 is 9.53 Å². The molecule has 3 heteroatoms. The van der Waals surface area contributed by atoms with E-state index in [1.54, 1.807) is 0 Å². The average Bonchev–Trinajstić information content (AvgIpc) is 2.54. The van der Waals surface area contributed by atoms with Crippen LogP contribution in [0.4, 0.5) is 0 Å². The molecule has 0 spiro atoms. The first kappa shape index (κ1) is 17.1. The monoisotopic (exact) mass is 311 g/mol. The number of nitrogens with one attached hydrogen (secondary N) is 1. The van der Waals surface area contributed by atoms with Crippen molar-refractivity contribution in [2.45, 2.75) is 46.8 Å². The lowest BCUT2D eigenvalue weighted by Gasteiger charge is -2.19. The van der Waals surface area contributed by atoms with E-state index in [1.807, 2.05) is 70.2 Å². The number of rotatable bonds is 6. The van der Waals surface area contributed by atoms with Crippen molar-refractivity contribution in [2.75, 3.05) is 0 Å². The molecule has 1 amide bonds. The van der Waals surface area contributed by atoms with E-state index in [2.05, 4.69) is 5.32 Å². The van der Waals surface area contributed by atoms with E-state index in [0.29, 0.717) is 13.0 Å². The molecule has 0 fully saturated rings. The van der Waals surface area contributed by atoms with Crippen LogP contribution in [0.1, 0.15) is 35.6 Å². The number of carbonyl (C=O) groups excluding carboxylic acids is 1.